The van der Waals surface area contributed by atoms with Gasteiger partial charge in [-0.25, -0.2) is 0 Å². The van der Waals surface area contributed by atoms with Crippen molar-refractivity contribution < 1.29 is 19.4 Å². The molecular weight excluding hydrogens is 326 g/mol. The standard InChI is InChI=1S/C18H17NO4S/c1-10-14-12(9-24-10)15(21)16(23-11(2)20)17(22)18(14,3)13-7-5-4-6-8-19-13/h4-9,19,21H,1-3H3. The molecule has 1 aliphatic carbocycles. The first-order chi connectivity index (χ1) is 11.4. The van der Waals surface area contributed by atoms with E-state index in [-0.39, 0.29) is 11.5 Å². The quantitative estimate of drug-likeness (QED) is 0.806. The molecule has 1 aliphatic heterocycles. The minimum absolute atomic E-state index is 0.285. The van der Waals surface area contributed by atoms with Crippen LogP contribution in [0.25, 0.3) is 5.76 Å². The molecule has 0 saturated heterocycles. The van der Waals surface area contributed by atoms with E-state index in [2.05, 4.69) is 5.32 Å². The van der Waals surface area contributed by atoms with Crippen LogP contribution in [-0.4, -0.2) is 16.9 Å². The number of hydrogen-bond donors (Lipinski definition) is 2. The van der Waals surface area contributed by atoms with E-state index in [9.17, 15) is 14.7 Å². The molecule has 24 heavy (non-hydrogen) atoms. The number of hydrogen-bond acceptors (Lipinski definition) is 6. The number of thiophene rings is 1. The van der Waals surface area contributed by atoms with Gasteiger partial charge in [-0.15, -0.1) is 11.3 Å². The number of nitrogens with one attached hydrogen (secondary N) is 1. The Morgan fingerprint density at radius 1 is 1.33 bits per heavy atom. The van der Waals surface area contributed by atoms with Crippen molar-refractivity contribution in [2.45, 2.75) is 26.2 Å². The number of allylic oxidation sites excluding steroid dienone is 6. The van der Waals surface area contributed by atoms with Gasteiger partial charge in [0.05, 0.1) is 0 Å². The van der Waals surface area contributed by atoms with Crippen LogP contribution in [0.4, 0.5) is 0 Å². The molecule has 0 saturated carbocycles. The van der Waals surface area contributed by atoms with Crippen LogP contribution >= 0.6 is 11.3 Å². The monoisotopic (exact) mass is 343 g/mol. The Morgan fingerprint density at radius 2 is 2.08 bits per heavy atom. The van der Waals surface area contributed by atoms with E-state index in [1.54, 1.807) is 18.5 Å². The number of aliphatic hydroxyl groups is 1. The molecule has 1 aromatic heterocycles. The Hall–Kier alpha value is -2.60. The van der Waals surface area contributed by atoms with Crippen LogP contribution in [0.3, 0.4) is 0 Å². The lowest BCUT2D eigenvalue weighted by Gasteiger charge is -2.35. The predicted octanol–water partition coefficient (Wildman–Crippen LogP) is 3.24. The van der Waals surface area contributed by atoms with Gasteiger partial charge in [-0.05, 0) is 31.6 Å². The highest BCUT2D eigenvalue weighted by Crippen LogP contribution is 2.47. The van der Waals surface area contributed by atoms with E-state index in [0.29, 0.717) is 11.3 Å². The zero-order valence-electron chi connectivity index (χ0n) is 13.5. The molecule has 0 fully saturated rings. The van der Waals surface area contributed by atoms with Gasteiger partial charge in [0.15, 0.2) is 5.76 Å². The van der Waals surface area contributed by atoms with Crippen LogP contribution in [-0.2, 0) is 19.7 Å². The number of rotatable bonds is 2. The molecule has 0 radical (unpaired) electrons. The van der Waals surface area contributed by atoms with Gasteiger partial charge in [-0.2, -0.15) is 0 Å². The first-order valence-corrected chi connectivity index (χ1v) is 8.31. The summed E-state index contributed by atoms with van der Waals surface area (Å²) >= 11 is 1.44. The topological polar surface area (TPSA) is 75.6 Å². The average molecular weight is 343 g/mol. The molecule has 0 spiro atoms. The van der Waals surface area contributed by atoms with Crippen LogP contribution in [0.2, 0.25) is 0 Å². The average Bonchev–Trinajstić information content (AvgIpc) is 2.76. The number of carbonyl (C=O) groups is 2. The molecule has 1 unspecified atom stereocenters. The SMILES string of the molecule is CC(=O)OC1=C(O)c2csc(C)c2C(C)(C2=CC=CC=CN2)C1=O. The number of aryl methyl sites for hydroxylation is 1. The maximum atomic E-state index is 13.2. The van der Waals surface area contributed by atoms with Crippen molar-refractivity contribution >= 4 is 28.8 Å². The number of ketones is 1. The number of fused-ring (bicyclic) bond motifs is 1. The third kappa shape index (κ3) is 2.30. The predicted molar refractivity (Wildman–Crippen MR) is 92.2 cm³/mol. The van der Waals surface area contributed by atoms with Gasteiger partial charge in [-0.1, -0.05) is 12.2 Å². The van der Waals surface area contributed by atoms with Crippen molar-refractivity contribution in [1.82, 2.24) is 5.32 Å². The van der Waals surface area contributed by atoms with Crippen molar-refractivity contribution in [2.75, 3.05) is 0 Å². The summed E-state index contributed by atoms with van der Waals surface area (Å²) in [7, 11) is 0. The Bertz CT molecular complexity index is 856. The molecule has 124 valence electrons. The van der Waals surface area contributed by atoms with Gasteiger partial charge < -0.3 is 15.2 Å². The zero-order valence-corrected chi connectivity index (χ0v) is 14.4. The lowest BCUT2D eigenvalue weighted by Crippen LogP contribution is -2.44. The maximum absolute atomic E-state index is 13.2. The van der Waals surface area contributed by atoms with E-state index in [4.69, 9.17) is 4.74 Å². The van der Waals surface area contributed by atoms with Gasteiger partial charge in [-0.3, -0.25) is 9.59 Å². The van der Waals surface area contributed by atoms with Crippen LogP contribution < -0.4 is 5.32 Å². The van der Waals surface area contributed by atoms with Crippen molar-refractivity contribution in [3.63, 3.8) is 0 Å². The first-order valence-electron chi connectivity index (χ1n) is 7.43. The van der Waals surface area contributed by atoms with Crippen molar-refractivity contribution in [1.29, 1.82) is 0 Å². The highest BCUT2D eigenvalue weighted by molar-refractivity contribution is 7.10. The molecule has 5 nitrogen and oxygen atoms in total. The van der Waals surface area contributed by atoms with Crippen LogP contribution in [0, 0.1) is 6.92 Å². The molecule has 0 aromatic carbocycles. The minimum atomic E-state index is -1.09. The zero-order chi connectivity index (χ0) is 17.5. The van der Waals surface area contributed by atoms with E-state index < -0.39 is 17.2 Å². The summed E-state index contributed by atoms with van der Waals surface area (Å²) in [6, 6.07) is 0. The second kappa shape index (κ2) is 5.79. The normalized spacial score (nSPS) is 22.6. The fourth-order valence-corrected chi connectivity index (χ4v) is 4.04. The second-order valence-electron chi connectivity index (χ2n) is 5.77. The Balaban J connectivity index is 2.27. The van der Waals surface area contributed by atoms with Gasteiger partial charge >= 0.3 is 5.97 Å². The van der Waals surface area contributed by atoms with Crippen molar-refractivity contribution in [2.24, 2.45) is 0 Å². The fraction of sp³-hybridized carbons (Fsp3) is 0.222. The summed E-state index contributed by atoms with van der Waals surface area (Å²) in [6.07, 6.45) is 9.04. The number of ether oxygens (including phenoxy) is 1. The summed E-state index contributed by atoms with van der Waals surface area (Å²) in [5, 5.41) is 15.4. The summed E-state index contributed by atoms with van der Waals surface area (Å²) in [6.45, 7) is 4.88. The highest BCUT2D eigenvalue weighted by atomic mass is 32.1. The maximum Gasteiger partial charge on any atom is 0.308 e. The van der Waals surface area contributed by atoms with E-state index >= 15 is 0 Å². The van der Waals surface area contributed by atoms with Crippen molar-refractivity contribution in [3.8, 4) is 0 Å². The van der Waals surface area contributed by atoms with Gasteiger partial charge in [0.1, 0.15) is 5.41 Å². The Morgan fingerprint density at radius 3 is 2.79 bits per heavy atom. The van der Waals surface area contributed by atoms with Crippen LogP contribution in [0.15, 0.2) is 47.3 Å². The second-order valence-corrected chi connectivity index (χ2v) is 6.86. The number of aliphatic hydroxyl groups excluding tert-OH is 1. The third-order valence-corrected chi connectivity index (χ3v) is 5.12. The fourth-order valence-electron chi connectivity index (χ4n) is 3.08. The summed E-state index contributed by atoms with van der Waals surface area (Å²) < 4.78 is 5.05. The lowest BCUT2D eigenvalue weighted by atomic mass is 9.70. The molecule has 3 rings (SSSR count). The first kappa shape index (κ1) is 16.3. The Kier molecular flexibility index (Phi) is 3.93. The van der Waals surface area contributed by atoms with Crippen molar-refractivity contribution in [3.05, 3.63) is 63.3 Å². The molecule has 0 amide bonds. The highest BCUT2D eigenvalue weighted by Gasteiger charge is 2.50. The third-order valence-electron chi connectivity index (χ3n) is 4.21. The summed E-state index contributed by atoms with van der Waals surface area (Å²) in [5.41, 5.74) is 0.816. The lowest BCUT2D eigenvalue weighted by molar-refractivity contribution is -0.141. The van der Waals surface area contributed by atoms with E-state index in [1.807, 2.05) is 31.2 Å². The number of carbonyl (C=O) groups excluding carboxylic acids is 2. The largest absolute Gasteiger partial charge is 0.504 e. The molecule has 0 bridgehead atoms. The number of Topliss-reactive ketones (excluding diaryl/α,β-unsaturated/α-hetero) is 1. The smallest absolute Gasteiger partial charge is 0.308 e. The van der Waals surface area contributed by atoms with E-state index in [0.717, 1.165) is 10.4 Å². The molecule has 1 atom stereocenters. The van der Waals surface area contributed by atoms with E-state index in [1.165, 1.54) is 18.3 Å². The molecular formula is C18H17NO4S. The van der Waals surface area contributed by atoms with Gasteiger partial charge in [0, 0.05) is 34.6 Å². The molecule has 6 heteroatoms. The number of esters is 1. The summed E-state index contributed by atoms with van der Waals surface area (Å²) in [5.74, 6) is -1.69. The summed E-state index contributed by atoms with van der Waals surface area (Å²) in [4.78, 5) is 25.5. The molecule has 1 aromatic rings. The van der Waals surface area contributed by atoms with Crippen LogP contribution in [0.1, 0.15) is 29.9 Å². The Labute approximate surface area is 143 Å². The van der Waals surface area contributed by atoms with Gasteiger partial charge in [0.25, 0.3) is 0 Å². The van der Waals surface area contributed by atoms with Gasteiger partial charge in [0.2, 0.25) is 11.5 Å². The molecule has 2 N–H and O–H groups in total. The minimum Gasteiger partial charge on any atom is -0.504 e. The molecule has 2 aliphatic rings. The molecule has 2 heterocycles. The van der Waals surface area contributed by atoms with Crippen LogP contribution in [0.5, 0.6) is 0 Å².